The molecule has 0 aromatic rings. The lowest BCUT2D eigenvalue weighted by Crippen LogP contribution is -2.34. The van der Waals surface area contributed by atoms with Crippen LogP contribution in [0.4, 0.5) is 0 Å². The van der Waals surface area contributed by atoms with Crippen molar-refractivity contribution in [2.75, 3.05) is 32.9 Å². The molecule has 2 saturated heterocycles. The van der Waals surface area contributed by atoms with Gasteiger partial charge in [0.2, 0.25) is 5.91 Å². The van der Waals surface area contributed by atoms with Crippen molar-refractivity contribution in [3.8, 4) is 0 Å². The number of hydrogen-bond acceptors (Lipinski definition) is 3. The van der Waals surface area contributed by atoms with Crippen molar-refractivity contribution in [3.63, 3.8) is 0 Å². The maximum absolute atomic E-state index is 11.9. The number of carbonyl (C=O) groups excluding carboxylic acids is 1. The third-order valence-electron chi connectivity index (χ3n) is 3.13. The Balaban J connectivity index is 1.86. The monoisotopic (exact) mass is 199 g/mol. The van der Waals surface area contributed by atoms with Crippen molar-refractivity contribution in [2.45, 2.75) is 12.8 Å². The first-order valence-corrected chi connectivity index (χ1v) is 5.28. The fourth-order valence-corrected chi connectivity index (χ4v) is 2.17. The van der Waals surface area contributed by atoms with Gasteiger partial charge in [-0.1, -0.05) is 0 Å². The molecule has 4 nitrogen and oxygen atoms in total. The summed E-state index contributed by atoms with van der Waals surface area (Å²) in [5.41, 5.74) is 0. The van der Waals surface area contributed by atoms with Gasteiger partial charge in [-0.15, -0.1) is 0 Å². The molecule has 1 N–H and O–H groups in total. The molecule has 0 aromatic heterocycles. The summed E-state index contributed by atoms with van der Waals surface area (Å²) in [6.07, 6.45) is 1.80. The molecule has 2 heterocycles. The van der Waals surface area contributed by atoms with Crippen LogP contribution in [-0.2, 0) is 9.53 Å². The van der Waals surface area contributed by atoms with Crippen molar-refractivity contribution in [2.24, 2.45) is 11.8 Å². The summed E-state index contributed by atoms with van der Waals surface area (Å²) < 4.78 is 5.19. The summed E-state index contributed by atoms with van der Waals surface area (Å²) in [5, 5.41) is 8.97. The molecule has 0 bridgehead atoms. The molecule has 0 spiro atoms. The smallest absolute Gasteiger partial charge is 0.228 e. The molecule has 2 atom stereocenters. The Morgan fingerprint density at radius 2 is 2.36 bits per heavy atom. The third kappa shape index (κ3) is 1.91. The van der Waals surface area contributed by atoms with Crippen molar-refractivity contribution in [1.29, 1.82) is 0 Å². The van der Waals surface area contributed by atoms with E-state index < -0.39 is 0 Å². The Labute approximate surface area is 83.8 Å². The van der Waals surface area contributed by atoms with Gasteiger partial charge in [-0.25, -0.2) is 0 Å². The molecular formula is C10H17NO3. The number of hydrogen-bond donors (Lipinski definition) is 1. The topological polar surface area (TPSA) is 49.8 Å². The predicted octanol–water partition coefficient (Wildman–Crippen LogP) is -0.136. The van der Waals surface area contributed by atoms with Crippen molar-refractivity contribution >= 4 is 5.91 Å². The molecule has 2 rings (SSSR count). The van der Waals surface area contributed by atoms with Crippen molar-refractivity contribution < 1.29 is 14.6 Å². The van der Waals surface area contributed by atoms with Crippen LogP contribution in [0.1, 0.15) is 12.8 Å². The molecule has 4 heteroatoms. The summed E-state index contributed by atoms with van der Waals surface area (Å²) in [7, 11) is 0. The Kier molecular flexibility index (Phi) is 3.03. The Morgan fingerprint density at radius 3 is 2.93 bits per heavy atom. The average molecular weight is 199 g/mol. The highest BCUT2D eigenvalue weighted by Crippen LogP contribution is 2.21. The minimum absolute atomic E-state index is 0.0763. The van der Waals surface area contributed by atoms with Crippen LogP contribution in [0.2, 0.25) is 0 Å². The summed E-state index contributed by atoms with van der Waals surface area (Å²) >= 11 is 0. The van der Waals surface area contributed by atoms with Crippen LogP contribution in [0, 0.1) is 11.8 Å². The minimum atomic E-state index is 0.0763. The van der Waals surface area contributed by atoms with Gasteiger partial charge in [0.25, 0.3) is 0 Å². The number of aliphatic hydroxyl groups excluding tert-OH is 1. The highest BCUT2D eigenvalue weighted by molar-refractivity contribution is 5.79. The first-order chi connectivity index (χ1) is 6.81. The highest BCUT2D eigenvalue weighted by atomic mass is 16.5. The quantitative estimate of drug-likeness (QED) is 0.673. The summed E-state index contributed by atoms with van der Waals surface area (Å²) in [4.78, 5) is 13.7. The van der Waals surface area contributed by atoms with Crippen LogP contribution in [0.3, 0.4) is 0 Å². The zero-order chi connectivity index (χ0) is 9.97. The second kappa shape index (κ2) is 4.28. The van der Waals surface area contributed by atoms with Crippen LogP contribution in [0.25, 0.3) is 0 Å². The molecule has 0 aliphatic carbocycles. The SMILES string of the molecule is O=C([C@H]1CCOC1)N1CC[C@@H](CO)C1. The van der Waals surface area contributed by atoms with Gasteiger partial charge in [0, 0.05) is 32.2 Å². The maximum Gasteiger partial charge on any atom is 0.228 e. The van der Waals surface area contributed by atoms with Gasteiger partial charge in [-0.3, -0.25) is 4.79 Å². The second-order valence-electron chi connectivity index (χ2n) is 4.18. The predicted molar refractivity (Wildman–Crippen MR) is 50.7 cm³/mol. The van der Waals surface area contributed by atoms with Gasteiger partial charge in [0.1, 0.15) is 0 Å². The van der Waals surface area contributed by atoms with E-state index >= 15 is 0 Å². The number of rotatable bonds is 2. The number of likely N-dealkylation sites (tertiary alicyclic amines) is 1. The van der Waals surface area contributed by atoms with E-state index in [0.29, 0.717) is 19.1 Å². The Morgan fingerprint density at radius 1 is 1.50 bits per heavy atom. The van der Waals surface area contributed by atoms with E-state index in [4.69, 9.17) is 9.84 Å². The number of aliphatic hydroxyl groups is 1. The van der Waals surface area contributed by atoms with Crippen LogP contribution >= 0.6 is 0 Å². The molecule has 0 saturated carbocycles. The lowest BCUT2D eigenvalue weighted by Gasteiger charge is -2.19. The van der Waals surface area contributed by atoms with Gasteiger partial charge < -0.3 is 14.7 Å². The number of ether oxygens (including phenoxy) is 1. The van der Waals surface area contributed by atoms with Crippen LogP contribution < -0.4 is 0 Å². The molecule has 0 aromatic carbocycles. The summed E-state index contributed by atoms with van der Waals surface area (Å²) in [6, 6.07) is 0. The second-order valence-corrected chi connectivity index (χ2v) is 4.18. The fourth-order valence-electron chi connectivity index (χ4n) is 2.17. The zero-order valence-electron chi connectivity index (χ0n) is 8.32. The van der Waals surface area contributed by atoms with Gasteiger partial charge in [-0.05, 0) is 12.8 Å². The Hall–Kier alpha value is -0.610. The van der Waals surface area contributed by atoms with E-state index in [9.17, 15) is 4.79 Å². The molecule has 2 aliphatic heterocycles. The van der Waals surface area contributed by atoms with E-state index in [1.807, 2.05) is 4.90 Å². The molecule has 1 amide bonds. The number of amides is 1. The van der Waals surface area contributed by atoms with Crippen LogP contribution in [-0.4, -0.2) is 48.8 Å². The molecular weight excluding hydrogens is 182 g/mol. The first-order valence-electron chi connectivity index (χ1n) is 5.28. The first kappa shape index (κ1) is 9.93. The number of carbonyl (C=O) groups is 1. The zero-order valence-corrected chi connectivity index (χ0v) is 8.32. The largest absolute Gasteiger partial charge is 0.396 e. The summed E-state index contributed by atoms with van der Waals surface area (Å²) in [5.74, 6) is 0.590. The molecule has 2 aliphatic rings. The molecule has 80 valence electrons. The maximum atomic E-state index is 11.9. The highest BCUT2D eigenvalue weighted by Gasteiger charge is 2.32. The Bertz CT molecular complexity index is 213. The third-order valence-corrected chi connectivity index (χ3v) is 3.13. The van der Waals surface area contributed by atoms with Gasteiger partial charge >= 0.3 is 0 Å². The van der Waals surface area contributed by atoms with Gasteiger partial charge in [0.05, 0.1) is 12.5 Å². The molecule has 0 radical (unpaired) electrons. The van der Waals surface area contributed by atoms with Gasteiger partial charge in [0.15, 0.2) is 0 Å². The summed E-state index contributed by atoms with van der Waals surface area (Å²) in [6.45, 7) is 3.03. The standard InChI is InChI=1S/C10H17NO3/c12-6-8-1-3-11(5-8)10(13)9-2-4-14-7-9/h8-9,12H,1-7H2/t8-,9+/m1/s1. The van der Waals surface area contributed by atoms with E-state index in [-0.39, 0.29) is 18.4 Å². The van der Waals surface area contributed by atoms with Crippen LogP contribution in [0.5, 0.6) is 0 Å². The van der Waals surface area contributed by atoms with E-state index in [1.54, 1.807) is 0 Å². The number of nitrogens with zero attached hydrogens (tertiary/aromatic N) is 1. The minimum Gasteiger partial charge on any atom is -0.396 e. The van der Waals surface area contributed by atoms with E-state index in [1.165, 1.54) is 0 Å². The van der Waals surface area contributed by atoms with E-state index in [0.717, 1.165) is 25.9 Å². The van der Waals surface area contributed by atoms with Gasteiger partial charge in [-0.2, -0.15) is 0 Å². The molecule has 14 heavy (non-hydrogen) atoms. The lowest BCUT2D eigenvalue weighted by atomic mass is 10.1. The van der Waals surface area contributed by atoms with Crippen molar-refractivity contribution in [3.05, 3.63) is 0 Å². The van der Waals surface area contributed by atoms with Crippen molar-refractivity contribution in [1.82, 2.24) is 4.90 Å². The van der Waals surface area contributed by atoms with Crippen LogP contribution in [0.15, 0.2) is 0 Å². The molecule has 2 fully saturated rings. The normalized spacial score (nSPS) is 32.5. The lowest BCUT2D eigenvalue weighted by molar-refractivity contribution is -0.134. The fraction of sp³-hybridized carbons (Fsp3) is 0.900. The average Bonchev–Trinajstić information content (AvgIpc) is 2.88. The van der Waals surface area contributed by atoms with E-state index in [2.05, 4.69) is 0 Å². The molecule has 0 unspecified atom stereocenters.